The van der Waals surface area contributed by atoms with Crippen LogP contribution in [0.15, 0.2) is 24.3 Å². The van der Waals surface area contributed by atoms with E-state index in [9.17, 15) is 4.79 Å². The molecule has 0 saturated heterocycles. The fourth-order valence-corrected chi connectivity index (χ4v) is 5.12. The number of aromatic amines is 1. The summed E-state index contributed by atoms with van der Waals surface area (Å²) in [5.74, 6) is 3.04. The fraction of sp³-hybridized carbons (Fsp3) is 0.550. The third kappa shape index (κ3) is 3.34. The van der Waals surface area contributed by atoms with E-state index in [1.165, 1.54) is 25.7 Å². The first-order valence-electron chi connectivity index (χ1n) is 9.53. The Bertz CT molecular complexity index is 871. The molecule has 26 heavy (non-hydrogen) atoms. The molecule has 2 saturated carbocycles. The minimum absolute atomic E-state index is 0.00618. The van der Waals surface area contributed by atoms with E-state index < -0.39 is 0 Å². The molecule has 1 aromatic heterocycles. The molecule has 1 aromatic carbocycles. The standard InChI is InChI=1S/C20H26N4OS/c1-12-4-3-5-16(8-12)19-22-23-20(26)24(19)11-18(25)21-13(2)17-10-14-6-7-15(17)9-14/h3-5,8,13-15,17H,6-7,9-11H2,1-2H3,(H,21,25)(H,23,26)/t13-,14+,15+,17-/m1/s1. The van der Waals surface area contributed by atoms with Gasteiger partial charge in [0.05, 0.1) is 0 Å². The number of H-pyrrole nitrogens is 1. The largest absolute Gasteiger partial charge is 0.352 e. The lowest BCUT2D eigenvalue weighted by molar-refractivity contribution is -0.122. The highest BCUT2D eigenvalue weighted by Gasteiger charge is 2.42. The number of benzene rings is 1. The van der Waals surface area contributed by atoms with Gasteiger partial charge in [-0.2, -0.15) is 5.10 Å². The van der Waals surface area contributed by atoms with Gasteiger partial charge in [-0.15, -0.1) is 0 Å². The molecule has 1 amide bonds. The van der Waals surface area contributed by atoms with Crippen LogP contribution in [0.2, 0.25) is 0 Å². The average molecular weight is 371 g/mol. The molecule has 0 radical (unpaired) electrons. The summed E-state index contributed by atoms with van der Waals surface area (Å²) in [6.07, 6.45) is 5.34. The van der Waals surface area contributed by atoms with Gasteiger partial charge in [-0.05, 0) is 69.1 Å². The number of hydrogen-bond acceptors (Lipinski definition) is 3. The molecule has 4 atom stereocenters. The van der Waals surface area contributed by atoms with E-state index in [1.54, 1.807) is 4.57 Å². The van der Waals surface area contributed by atoms with E-state index in [-0.39, 0.29) is 18.5 Å². The summed E-state index contributed by atoms with van der Waals surface area (Å²) in [5.41, 5.74) is 2.11. The van der Waals surface area contributed by atoms with Crippen molar-refractivity contribution in [3.63, 3.8) is 0 Å². The van der Waals surface area contributed by atoms with E-state index >= 15 is 0 Å². The van der Waals surface area contributed by atoms with Crippen LogP contribution in [0.5, 0.6) is 0 Å². The smallest absolute Gasteiger partial charge is 0.240 e. The normalized spacial score (nSPS) is 25.4. The van der Waals surface area contributed by atoms with Crippen molar-refractivity contribution in [1.29, 1.82) is 0 Å². The maximum atomic E-state index is 12.7. The summed E-state index contributed by atoms with van der Waals surface area (Å²) in [6, 6.07) is 8.30. The van der Waals surface area contributed by atoms with Gasteiger partial charge in [-0.1, -0.05) is 30.2 Å². The first-order chi connectivity index (χ1) is 12.5. The second-order valence-corrected chi connectivity index (χ2v) is 8.39. The molecule has 2 bridgehead atoms. The molecule has 0 spiro atoms. The Morgan fingerprint density at radius 2 is 2.27 bits per heavy atom. The van der Waals surface area contributed by atoms with Crippen molar-refractivity contribution in [2.24, 2.45) is 17.8 Å². The maximum absolute atomic E-state index is 12.7. The Morgan fingerprint density at radius 3 is 2.96 bits per heavy atom. The van der Waals surface area contributed by atoms with Gasteiger partial charge >= 0.3 is 0 Å². The van der Waals surface area contributed by atoms with Crippen molar-refractivity contribution in [3.05, 3.63) is 34.6 Å². The Morgan fingerprint density at radius 1 is 1.42 bits per heavy atom. The Hall–Kier alpha value is -1.95. The first kappa shape index (κ1) is 17.5. The number of amides is 1. The molecule has 2 N–H and O–H groups in total. The molecule has 6 heteroatoms. The van der Waals surface area contributed by atoms with Gasteiger partial charge in [-0.25, -0.2) is 0 Å². The predicted molar refractivity (Wildman–Crippen MR) is 104 cm³/mol. The summed E-state index contributed by atoms with van der Waals surface area (Å²) < 4.78 is 2.26. The van der Waals surface area contributed by atoms with Crippen LogP contribution in [0.4, 0.5) is 0 Å². The van der Waals surface area contributed by atoms with E-state index in [4.69, 9.17) is 12.2 Å². The van der Waals surface area contributed by atoms with E-state index in [0.29, 0.717) is 16.5 Å². The molecule has 5 nitrogen and oxygen atoms in total. The van der Waals surface area contributed by atoms with Crippen molar-refractivity contribution in [2.75, 3.05) is 0 Å². The van der Waals surface area contributed by atoms with Crippen molar-refractivity contribution < 1.29 is 4.79 Å². The lowest BCUT2D eigenvalue weighted by Gasteiger charge is -2.28. The van der Waals surface area contributed by atoms with E-state index in [1.807, 2.05) is 25.1 Å². The highest BCUT2D eigenvalue weighted by Crippen LogP contribution is 2.49. The number of hydrogen-bond donors (Lipinski definition) is 2. The molecular weight excluding hydrogens is 344 g/mol. The minimum Gasteiger partial charge on any atom is -0.352 e. The molecule has 0 aliphatic heterocycles. The second kappa shape index (κ2) is 6.99. The zero-order valence-electron chi connectivity index (χ0n) is 15.4. The Kier molecular flexibility index (Phi) is 4.69. The number of fused-ring (bicyclic) bond motifs is 2. The summed E-state index contributed by atoms with van der Waals surface area (Å²) in [6.45, 7) is 4.39. The summed E-state index contributed by atoms with van der Waals surface area (Å²) in [7, 11) is 0. The number of carbonyl (C=O) groups excluding carboxylic acids is 1. The number of rotatable bonds is 5. The van der Waals surface area contributed by atoms with Gasteiger partial charge in [-0.3, -0.25) is 14.5 Å². The fourth-order valence-electron chi connectivity index (χ4n) is 4.93. The quantitative estimate of drug-likeness (QED) is 0.786. The van der Waals surface area contributed by atoms with Crippen LogP contribution < -0.4 is 5.32 Å². The van der Waals surface area contributed by atoms with Crippen molar-refractivity contribution in [1.82, 2.24) is 20.1 Å². The van der Waals surface area contributed by atoms with Crippen LogP contribution in [0, 0.1) is 29.4 Å². The second-order valence-electron chi connectivity index (χ2n) is 8.00. The van der Waals surface area contributed by atoms with Gasteiger partial charge in [0, 0.05) is 11.6 Å². The highest BCUT2D eigenvalue weighted by atomic mass is 32.1. The topological polar surface area (TPSA) is 62.7 Å². The zero-order chi connectivity index (χ0) is 18.3. The Balaban J connectivity index is 1.46. The highest BCUT2D eigenvalue weighted by molar-refractivity contribution is 7.71. The van der Waals surface area contributed by atoms with Gasteiger partial charge < -0.3 is 5.32 Å². The van der Waals surface area contributed by atoms with E-state index in [0.717, 1.165) is 23.0 Å². The van der Waals surface area contributed by atoms with Crippen LogP contribution in [0.3, 0.4) is 0 Å². The first-order valence-corrected chi connectivity index (χ1v) is 9.93. The summed E-state index contributed by atoms with van der Waals surface area (Å²) in [5, 5.41) is 10.4. The van der Waals surface area contributed by atoms with Crippen molar-refractivity contribution in [2.45, 2.75) is 52.1 Å². The molecule has 1 heterocycles. The lowest BCUT2D eigenvalue weighted by atomic mass is 9.84. The number of nitrogens with zero attached hydrogens (tertiary/aromatic N) is 2. The Labute approximate surface area is 159 Å². The van der Waals surface area contributed by atoms with E-state index in [2.05, 4.69) is 28.5 Å². The average Bonchev–Trinajstić information content (AvgIpc) is 3.32. The molecular formula is C20H26N4OS. The molecule has 2 aliphatic rings. The van der Waals surface area contributed by atoms with Crippen LogP contribution >= 0.6 is 12.2 Å². The van der Waals surface area contributed by atoms with Crippen LogP contribution in [-0.4, -0.2) is 26.7 Å². The van der Waals surface area contributed by atoms with Crippen molar-refractivity contribution in [3.8, 4) is 11.4 Å². The maximum Gasteiger partial charge on any atom is 0.240 e. The number of nitrogens with one attached hydrogen (secondary N) is 2. The van der Waals surface area contributed by atoms with Crippen LogP contribution in [0.1, 0.15) is 38.2 Å². The van der Waals surface area contributed by atoms with Crippen LogP contribution in [-0.2, 0) is 11.3 Å². The van der Waals surface area contributed by atoms with Gasteiger partial charge in [0.15, 0.2) is 10.6 Å². The summed E-state index contributed by atoms with van der Waals surface area (Å²) >= 11 is 5.35. The molecule has 138 valence electrons. The minimum atomic E-state index is 0.00618. The third-order valence-electron chi connectivity index (χ3n) is 6.16. The number of aryl methyl sites for hydroxylation is 1. The molecule has 0 unspecified atom stereocenters. The molecule has 4 rings (SSSR count). The SMILES string of the molecule is Cc1cccc(-c2n[nH]c(=S)n2CC(=O)N[C@H](C)[C@H]2C[C@H]3CC[C@H]2C3)c1. The molecule has 2 fully saturated rings. The lowest BCUT2D eigenvalue weighted by Crippen LogP contribution is -2.41. The number of aromatic nitrogens is 3. The monoisotopic (exact) mass is 370 g/mol. The third-order valence-corrected chi connectivity index (χ3v) is 6.47. The van der Waals surface area contributed by atoms with Gasteiger partial charge in [0.2, 0.25) is 5.91 Å². The molecule has 2 aliphatic carbocycles. The summed E-state index contributed by atoms with van der Waals surface area (Å²) in [4.78, 5) is 12.7. The predicted octanol–water partition coefficient (Wildman–Crippen LogP) is 3.86. The van der Waals surface area contributed by atoms with Gasteiger partial charge in [0.25, 0.3) is 0 Å². The van der Waals surface area contributed by atoms with Crippen molar-refractivity contribution >= 4 is 18.1 Å². The molecule has 2 aromatic rings. The van der Waals surface area contributed by atoms with Crippen LogP contribution in [0.25, 0.3) is 11.4 Å². The van der Waals surface area contributed by atoms with Gasteiger partial charge in [0.1, 0.15) is 6.54 Å². The zero-order valence-corrected chi connectivity index (χ0v) is 16.2. The number of carbonyl (C=O) groups is 1.